The molecule has 34 heavy (non-hydrogen) atoms. The maximum absolute atomic E-state index is 12.8. The van der Waals surface area contributed by atoms with Crippen LogP contribution < -0.4 is 14.4 Å². The Hall–Kier alpha value is -2.05. The molecule has 0 saturated carbocycles. The number of sulfonamides is 2. The molecule has 2 aromatic carbocycles. The first-order chi connectivity index (χ1) is 15.8. The van der Waals surface area contributed by atoms with E-state index >= 15 is 0 Å². The molecule has 1 N–H and O–H groups in total. The number of hydrogen-bond donors (Lipinski definition) is 1. The quantitative estimate of drug-likeness (QED) is 0.429. The van der Waals surface area contributed by atoms with Gasteiger partial charge in [0, 0.05) is 19.1 Å². The highest BCUT2D eigenvalue weighted by Gasteiger charge is 2.32. The van der Waals surface area contributed by atoms with E-state index in [4.69, 9.17) is 27.9 Å². The highest BCUT2D eigenvalue weighted by Crippen LogP contribution is 2.32. The van der Waals surface area contributed by atoms with Crippen molar-refractivity contribution in [2.24, 2.45) is 0 Å². The third kappa shape index (κ3) is 6.98. The van der Waals surface area contributed by atoms with E-state index in [2.05, 4.69) is 5.32 Å². The number of anilines is 1. The molecule has 0 heterocycles. The number of ether oxygens (including phenoxy) is 1. The van der Waals surface area contributed by atoms with Crippen LogP contribution in [0.2, 0.25) is 10.0 Å². The van der Waals surface area contributed by atoms with E-state index in [1.54, 1.807) is 6.92 Å². The van der Waals surface area contributed by atoms with Gasteiger partial charge in [-0.3, -0.25) is 9.10 Å². The summed E-state index contributed by atoms with van der Waals surface area (Å²) in [4.78, 5) is 13.0. The van der Waals surface area contributed by atoms with Crippen LogP contribution in [0.15, 0.2) is 47.4 Å². The lowest BCUT2D eigenvalue weighted by atomic mass is 10.2. The maximum Gasteiger partial charge on any atom is 0.244 e. The Morgan fingerprint density at radius 2 is 1.68 bits per heavy atom. The number of hydrogen-bond acceptors (Lipinski definition) is 6. The van der Waals surface area contributed by atoms with Gasteiger partial charge in [0.1, 0.15) is 18.4 Å². The lowest BCUT2D eigenvalue weighted by Gasteiger charge is -2.30. The van der Waals surface area contributed by atoms with Gasteiger partial charge in [-0.2, -0.15) is 0 Å². The molecular weight excluding hydrogens is 525 g/mol. The summed E-state index contributed by atoms with van der Waals surface area (Å²) in [6.07, 6.45) is 1.17. The Kier molecular flexibility index (Phi) is 9.61. The van der Waals surface area contributed by atoms with Crippen LogP contribution in [0.4, 0.5) is 5.69 Å². The molecule has 2 aromatic rings. The minimum absolute atomic E-state index is 0.0821. The molecular formula is C21H27Cl2N3O6S2. The highest BCUT2D eigenvalue weighted by molar-refractivity contribution is 7.92. The molecule has 1 atom stereocenters. The van der Waals surface area contributed by atoms with Crippen molar-refractivity contribution in [2.75, 3.05) is 37.8 Å². The third-order valence-corrected chi connectivity index (χ3v) is 8.30. The minimum atomic E-state index is -3.86. The van der Waals surface area contributed by atoms with Crippen molar-refractivity contribution in [3.05, 3.63) is 52.5 Å². The average molecular weight is 553 g/mol. The molecule has 9 nitrogen and oxygen atoms in total. The molecule has 188 valence electrons. The second kappa shape index (κ2) is 11.6. The van der Waals surface area contributed by atoms with Gasteiger partial charge >= 0.3 is 0 Å². The van der Waals surface area contributed by atoms with Crippen molar-refractivity contribution in [1.29, 1.82) is 0 Å². The Morgan fingerprint density at radius 1 is 1.06 bits per heavy atom. The fourth-order valence-corrected chi connectivity index (χ4v) is 5.61. The molecule has 13 heteroatoms. The molecule has 1 amide bonds. The van der Waals surface area contributed by atoms with Crippen molar-refractivity contribution < 1.29 is 26.4 Å². The first-order valence-electron chi connectivity index (χ1n) is 10.2. The lowest BCUT2D eigenvalue weighted by Crippen LogP contribution is -2.50. The van der Waals surface area contributed by atoms with Gasteiger partial charge in [0.05, 0.1) is 28.4 Å². The summed E-state index contributed by atoms with van der Waals surface area (Å²) >= 11 is 12.2. The standard InChI is InChI=1S/C21H27Cl2N3O6S2/c1-5-19(26(33(4,28)29)20-14-15(22)6-11-18(20)23)21(27)24-12-13-32-16-7-9-17(10-8-16)34(30,31)25(2)3/h6-11,14,19H,5,12-13H2,1-4H3,(H,24,27)/t19-/m0/s1. The van der Waals surface area contributed by atoms with Crippen LogP contribution in [0.5, 0.6) is 5.75 Å². The molecule has 0 aliphatic heterocycles. The zero-order valence-corrected chi connectivity index (χ0v) is 22.3. The van der Waals surface area contributed by atoms with Crippen LogP contribution in [-0.4, -0.2) is 66.6 Å². The zero-order valence-electron chi connectivity index (χ0n) is 19.2. The molecule has 0 aromatic heterocycles. The first-order valence-corrected chi connectivity index (χ1v) is 14.2. The second-order valence-corrected chi connectivity index (χ2v) is 12.3. The van der Waals surface area contributed by atoms with Crippen LogP contribution in [0.25, 0.3) is 0 Å². The second-order valence-electron chi connectivity index (χ2n) is 7.48. The fraction of sp³-hybridized carbons (Fsp3) is 0.381. The Bertz CT molecular complexity index is 1220. The summed E-state index contributed by atoms with van der Waals surface area (Å²) in [6, 6.07) is 9.20. The Balaban J connectivity index is 2.05. The predicted molar refractivity (Wildman–Crippen MR) is 134 cm³/mol. The first kappa shape index (κ1) is 28.2. The molecule has 0 unspecified atom stereocenters. The summed E-state index contributed by atoms with van der Waals surface area (Å²) in [5.74, 6) is -0.109. The van der Waals surface area contributed by atoms with Gasteiger partial charge in [-0.25, -0.2) is 21.1 Å². The lowest BCUT2D eigenvalue weighted by molar-refractivity contribution is -0.122. The largest absolute Gasteiger partial charge is 0.492 e. The maximum atomic E-state index is 12.8. The fourth-order valence-electron chi connectivity index (χ4n) is 3.07. The Morgan fingerprint density at radius 3 is 2.21 bits per heavy atom. The summed E-state index contributed by atoms with van der Waals surface area (Å²) in [5, 5.41) is 3.08. The molecule has 2 rings (SSSR count). The van der Waals surface area contributed by atoms with E-state index in [1.807, 2.05) is 0 Å². The molecule has 0 spiro atoms. The number of benzene rings is 2. The molecule has 0 radical (unpaired) electrons. The van der Waals surface area contributed by atoms with E-state index in [-0.39, 0.29) is 40.2 Å². The molecule has 0 aliphatic rings. The smallest absolute Gasteiger partial charge is 0.244 e. The third-order valence-electron chi connectivity index (χ3n) is 4.75. The molecule has 0 fully saturated rings. The van der Waals surface area contributed by atoms with Crippen molar-refractivity contribution in [2.45, 2.75) is 24.3 Å². The number of rotatable bonds is 11. The molecule has 0 bridgehead atoms. The van der Waals surface area contributed by atoms with Crippen molar-refractivity contribution in [3.8, 4) is 5.75 Å². The minimum Gasteiger partial charge on any atom is -0.492 e. The number of amides is 1. The SMILES string of the molecule is CC[C@@H](C(=O)NCCOc1ccc(S(=O)(=O)N(C)C)cc1)N(c1cc(Cl)ccc1Cl)S(C)(=O)=O. The Labute approximate surface area is 210 Å². The van der Waals surface area contributed by atoms with Crippen LogP contribution >= 0.6 is 23.2 Å². The number of nitrogens with zero attached hydrogens (tertiary/aromatic N) is 2. The van der Waals surface area contributed by atoms with E-state index < -0.39 is 32.0 Å². The van der Waals surface area contributed by atoms with Gasteiger partial charge < -0.3 is 10.1 Å². The van der Waals surface area contributed by atoms with Crippen molar-refractivity contribution in [3.63, 3.8) is 0 Å². The van der Waals surface area contributed by atoms with E-state index in [9.17, 15) is 21.6 Å². The highest BCUT2D eigenvalue weighted by atomic mass is 35.5. The predicted octanol–water partition coefficient (Wildman–Crippen LogP) is 2.98. The zero-order chi connectivity index (χ0) is 25.7. The number of carbonyl (C=O) groups excluding carboxylic acids is 1. The summed E-state index contributed by atoms with van der Waals surface area (Å²) in [7, 11) is -4.52. The van der Waals surface area contributed by atoms with Crippen LogP contribution in [-0.2, 0) is 24.8 Å². The van der Waals surface area contributed by atoms with Gasteiger partial charge in [0.15, 0.2) is 0 Å². The van der Waals surface area contributed by atoms with Crippen LogP contribution in [0, 0.1) is 0 Å². The van der Waals surface area contributed by atoms with E-state index in [1.165, 1.54) is 56.6 Å². The van der Waals surface area contributed by atoms with E-state index in [0.29, 0.717) is 5.75 Å². The van der Waals surface area contributed by atoms with Crippen molar-refractivity contribution in [1.82, 2.24) is 9.62 Å². The van der Waals surface area contributed by atoms with Crippen LogP contribution in [0.3, 0.4) is 0 Å². The summed E-state index contributed by atoms with van der Waals surface area (Å²) in [5.41, 5.74) is 0.114. The van der Waals surface area contributed by atoms with Crippen molar-refractivity contribution >= 4 is 54.8 Å². The van der Waals surface area contributed by atoms with Gasteiger partial charge in [-0.1, -0.05) is 30.1 Å². The van der Waals surface area contributed by atoms with Crippen LogP contribution in [0.1, 0.15) is 13.3 Å². The molecule has 0 aliphatic carbocycles. The normalized spacial score (nSPS) is 12.9. The van der Waals surface area contributed by atoms with Gasteiger partial charge in [0.2, 0.25) is 26.0 Å². The van der Waals surface area contributed by atoms with Gasteiger partial charge in [-0.15, -0.1) is 0 Å². The molecule has 0 saturated heterocycles. The number of halogens is 2. The summed E-state index contributed by atoms with van der Waals surface area (Å²) in [6.45, 7) is 1.85. The number of nitrogens with one attached hydrogen (secondary N) is 1. The average Bonchev–Trinajstić information content (AvgIpc) is 2.76. The van der Waals surface area contributed by atoms with Gasteiger partial charge in [-0.05, 0) is 48.9 Å². The number of carbonyl (C=O) groups is 1. The van der Waals surface area contributed by atoms with E-state index in [0.717, 1.165) is 14.9 Å². The van der Waals surface area contributed by atoms with Gasteiger partial charge in [0.25, 0.3) is 0 Å². The summed E-state index contributed by atoms with van der Waals surface area (Å²) < 4.78 is 56.9. The topological polar surface area (TPSA) is 113 Å². The monoisotopic (exact) mass is 551 g/mol.